The lowest BCUT2D eigenvalue weighted by Gasteiger charge is -2.34. The quantitative estimate of drug-likeness (QED) is 0.245. The van der Waals surface area contributed by atoms with E-state index in [9.17, 15) is 4.39 Å². The van der Waals surface area contributed by atoms with E-state index >= 15 is 0 Å². The van der Waals surface area contributed by atoms with Gasteiger partial charge in [0, 0.05) is 24.4 Å². The molecule has 0 aromatic heterocycles. The van der Waals surface area contributed by atoms with Crippen molar-refractivity contribution in [1.82, 2.24) is 5.32 Å². The van der Waals surface area contributed by atoms with Crippen LogP contribution in [-0.2, 0) is 0 Å². The number of nitrogens with zero attached hydrogens (tertiary/aromatic N) is 2. The summed E-state index contributed by atoms with van der Waals surface area (Å²) in [7, 11) is 0. The van der Waals surface area contributed by atoms with Crippen LogP contribution in [0.1, 0.15) is 51.0 Å². The zero-order valence-electron chi connectivity index (χ0n) is 19.0. The van der Waals surface area contributed by atoms with E-state index in [1.54, 1.807) is 18.4 Å². The molecule has 0 amide bonds. The number of para-hydroxylation sites is 1. The summed E-state index contributed by atoms with van der Waals surface area (Å²) in [5.41, 5.74) is 3.98. The van der Waals surface area contributed by atoms with Crippen LogP contribution in [0.5, 0.6) is 0 Å². The van der Waals surface area contributed by atoms with Gasteiger partial charge in [0.25, 0.3) is 0 Å². The third-order valence-corrected chi connectivity index (χ3v) is 6.42. The Morgan fingerprint density at radius 3 is 2.69 bits per heavy atom. The standard InChI is InChI=1S/C28H34FN3/c1-4-22-8-6-7-9-28(22)32-20-31-27(5-2)24-12-10-23(11-13-24)21(3)18-19-30-26-16-14-25(29)15-17-26/h4,6-9,14-16,18-20,23-24,27H,1,3,5,10-13,17H2,2H3,(H,31,32)/b19-18-,30-26-. The molecule has 0 bridgehead atoms. The molecule has 1 fully saturated rings. The summed E-state index contributed by atoms with van der Waals surface area (Å²) < 4.78 is 13.0. The average molecular weight is 432 g/mol. The number of aliphatic imine (C=N–C) groups is 2. The predicted octanol–water partition coefficient (Wildman–Crippen LogP) is 7.49. The summed E-state index contributed by atoms with van der Waals surface area (Å²) in [5.74, 6) is 0.956. The van der Waals surface area contributed by atoms with Crippen molar-refractivity contribution in [3.8, 4) is 0 Å². The van der Waals surface area contributed by atoms with Gasteiger partial charge in [-0.15, -0.1) is 0 Å². The largest absolute Gasteiger partial charge is 0.373 e. The molecule has 1 aromatic rings. The molecule has 2 aliphatic carbocycles. The van der Waals surface area contributed by atoms with E-state index in [-0.39, 0.29) is 5.83 Å². The molecule has 1 N–H and O–H groups in total. The van der Waals surface area contributed by atoms with Crippen molar-refractivity contribution in [2.24, 2.45) is 21.8 Å². The minimum atomic E-state index is -0.193. The Balaban J connectivity index is 1.47. The highest BCUT2D eigenvalue weighted by atomic mass is 19.1. The summed E-state index contributed by atoms with van der Waals surface area (Å²) >= 11 is 0. The summed E-state index contributed by atoms with van der Waals surface area (Å²) in [6.45, 7) is 10.4. The van der Waals surface area contributed by atoms with Crippen LogP contribution in [0.4, 0.5) is 10.1 Å². The number of hydrogen-bond acceptors (Lipinski definition) is 2. The molecular weight excluding hydrogens is 397 g/mol. The molecule has 3 nitrogen and oxygen atoms in total. The van der Waals surface area contributed by atoms with E-state index in [1.807, 2.05) is 42.8 Å². The van der Waals surface area contributed by atoms with Gasteiger partial charge in [-0.1, -0.05) is 49.9 Å². The topological polar surface area (TPSA) is 36.8 Å². The van der Waals surface area contributed by atoms with Gasteiger partial charge in [0.1, 0.15) is 5.83 Å². The fourth-order valence-corrected chi connectivity index (χ4v) is 4.43. The minimum Gasteiger partial charge on any atom is -0.373 e. The van der Waals surface area contributed by atoms with Gasteiger partial charge in [0.15, 0.2) is 0 Å². The lowest BCUT2D eigenvalue weighted by Crippen LogP contribution is -2.37. The summed E-state index contributed by atoms with van der Waals surface area (Å²) in [4.78, 5) is 9.03. The van der Waals surface area contributed by atoms with E-state index in [1.165, 1.54) is 18.9 Å². The molecule has 32 heavy (non-hydrogen) atoms. The van der Waals surface area contributed by atoms with E-state index in [2.05, 4.69) is 35.4 Å². The van der Waals surface area contributed by atoms with Gasteiger partial charge in [0.2, 0.25) is 0 Å². The molecule has 4 heteroatoms. The Morgan fingerprint density at radius 1 is 1.22 bits per heavy atom. The zero-order chi connectivity index (χ0) is 22.8. The molecule has 1 unspecified atom stereocenters. The molecule has 0 radical (unpaired) electrons. The third-order valence-electron chi connectivity index (χ3n) is 6.42. The van der Waals surface area contributed by atoms with Gasteiger partial charge in [0.05, 0.1) is 12.0 Å². The van der Waals surface area contributed by atoms with Gasteiger partial charge in [-0.2, -0.15) is 0 Å². The maximum Gasteiger partial charge on any atom is 0.119 e. The molecule has 0 heterocycles. The number of nitrogens with one attached hydrogen (secondary N) is 1. The number of allylic oxidation sites excluding steroid dienone is 6. The second-order valence-electron chi connectivity index (χ2n) is 8.45. The van der Waals surface area contributed by atoms with Crippen molar-refractivity contribution < 1.29 is 4.39 Å². The Morgan fingerprint density at radius 2 is 2.00 bits per heavy atom. The van der Waals surface area contributed by atoms with Crippen LogP contribution < -0.4 is 5.32 Å². The second-order valence-corrected chi connectivity index (χ2v) is 8.45. The summed E-state index contributed by atoms with van der Waals surface area (Å²) in [6.07, 6.45) is 18.5. The highest BCUT2D eigenvalue weighted by molar-refractivity contribution is 5.97. The lowest BCUT2D eigenvalue weighted by atomic mass is 9.75. The molecule has 2 aliphatic rings. The van der Waals surface area contributed by atoms with E-state index in [4.69, 9.17) is 0 Å². The van der Waals surface area contributed by atoms with E-state index in [0.717, 1.165) is 41.8 Å². The maximum absolute atomic E-state index is 13.0. The first-order valence-electron chi connectivity index (χ1n) is 11.6. The van der Waals surface area contributed by atoms with Crippen LogP contribution in [0.2, 0.25) is 0 Å². The third kappa shape index (κ3) is 6.74. The number of halogens is 1. The second kappa shape index (κ2) is 12.1. The zero-order valence-corrected chi connectivity index (χ0v) is 19.0. The van der Waals surface area contributed by atoms with Gasteiger partial charge in [-0.05, 0) is 79.9 Å². The highest BCUT2D eigenvalue weighted by Crippen LogP contribution is 2.35. The fourth-order valence-electron chi connectivity index (χ4n) is 4.43. The maximum atomic E-state index is 13.0. The van der Waals surface area contributed by atoms with Crippen molar-refractivity contribution >= 4 is 23.8 Å². The van der Waals surface area contributed by atoms with Crippen molar-refractivity contribution in [2.45, 2.75) is 51.5 Å². The average Bonchev–Trinajstić information content (AvgIpc) is 2.83. The van der Waals surface area contributed by atoms with Crippen molar-refractivity contribution in [3.63, 3.8) is 0 Å². The summed E-state index contributed by atoms with van der Waals surface area (Å²) in [5, 5.41) is 3.54. The van der Waals surface area contributed by atoms with Crippen LogP contribution in [0.3, 0.4) is 0 Å². The fraction of sp³-hybridized carbons (Fsp3) is 0.357. The Hall–Kier alpha value is -3.01. The number of hydrogen-bond donors (Lipinski definition) is 1. The van der Waals surface area contributed by atoms with Crippen LogP contribution in [0.25, 0.3) is 6.08 Å². The molecule has 0 spiro atoms. The van der Waals surface area contributed by atoms with Crippen molar-refractivity contribution in [3.05, 3.63) is 84.9 Å². The van der Waals surface area contributed by atoms with Gasteiger partial charge in [-0.25, -0.2) is 9.38 Å². The lowest BCUT2D eigenvalue weighted by molar-refractivity contribution is 0.250. The van der Waals surface area contributed by atoms with Crippen LogP contribution in [0.15, 0.2) is 89.3 Å². The van der Waals surface area contributed by atoms with Gasteiger partial charge in [-0.3, -0.25) is 4.99 Å². The first-order chi connectivity index (χ1) is 15.6. The predicted molar refractivity (Wildman–Crippen MR) is 136 cm³/mol. The SMILES string of the molecule is C=Cc1ccccc1/N=C\NC(CC)C1CCC(C(=C)/C=C\N=C2\C=CC(F)=CC2)CC1. The normalized spacial score (nSPS) is 23.4. The van der Waals surface area contributed by atoms with Crippen LogP contribution in [0, 0.1) is 11.8 Å². The van der Waals surface area contributed by atoms with Crippen LogP contribution >= 0.6 is 0 Å². The molecule has 168 valence electrons. The van der Waals surface area contributed by atoms with Crippen molar-refractivity contribution in [1.29, 1.82) is 0 Å². The molecular formula is C28H34FN3. The number of benzene rings is 1. The Bertz CT molecular complexity index is 943. The van der Waals surface area contributed by atoms with Gasteiger partial charge < -0.3 is 5.32 Å². The first-order valence-corrected chi connectivity index (χ1v) is 11.6. The summed E-state index contributed by atoms with van der Waals surface area (Å²) in [6, 6.07) is 8.45. The molecule has 0 aliphatic heterocycles. The smallest absolute Gasteiger partial charge is 0.119 e. The van der Waals surface area contributed by atoms with Crippen LogP contribution in [-0.4, -0.2) is 18.1 Å². The number of rotatable bonds is 9. The first kappa shape index (κ1) is 23.6. The van der Waals surface area contributed by atoms with E-state index < -0.39 is 0 Å². The molecule has 1 saturated carbocycles. The van der Waals surface area contributed by atoms with Crippen molar-refractivity contribution in [2.75, 3.05) is 0 Å². The van der Waals surface area contributed by atoms with E-state index in [0.29, 0.717) is 24.3 Å². The molecule has 1 aromatic carbocycles. The monoisotopic (exact) mass is 431 g/mol. The molecule has 0 saturated heterocycles. The Kier molecular flexibility index (Phi) is 8.97. The minimum absolute atomic E-state index is 0.193. The Labute approximate surface area is 192 Å². The molecule has 1 atom stereocenters. The highest BCUT2D eigenvalue weighted by Gasteiger charge is 2.26. The van der Waals surface area contributed by atoms with Gasteiger partial charge >= 0.3 is 0 Å². The molecule has 3 rings (SSSR count).